The highest BCUT2D eigenvalue weighted by Gasteiger charge is 2.16. The molecule has 21 heavy (non-hydrogen) atoms. The number of hydrogen-bond donors (Lipinski definition) is 2. The Morgan fingerprint density at radius 2 is 1.81 bits per heavy atom. The van der Waals surface area contributed by atoms with E-state index < -0.39 is 0 Å². The number of anilines is 1. The first kappa shape index (κ1) is 13.8. The zero-order valence-electron chi connectivity index (χ0n) is 12.2. The molecule has 1 atom stereocenters. The summed E-state index contributed by atoms with van der Waals surface area (Å²) in [6, 6.07) is 15.8. The lowest BCUT2D eigenvalue weighted by Crippen LogP contribution is -2.12. The van der Waals surface area contributed by atoms with Crippen molar-refractivity contribution in [2.75, 3.05) is 18.4 Å². The van der Waals surface area contributed by atoms with Crippen molar-refractivity contribution in [3.05, 3.63) is 65.2 Å². The van der Waals surface area contributed by atoms with E-state index in [2.05, 4.69) is 22.8 Å². The quantitative estimate of drug-likeness (QED) is 0.905. The third kappa shape index (κ3) is 3.31. The third-order valence-corrected chi connectivity index (χ3v) is 4.01. The molecule has 0 saturated carbocycles. The van der Waals surface area contributed by atoms with Gasteiger partial charge < -0.3 is 10.6 Å². The van der Waals surface area contributed by atoms with Crippen LogP contribution in [0.2, 0.25) is 0 Å². The van der Waals surface area contributed by atoms with Gasteiger partial charge in [0, 0.05) is 17.8 Å². The number of benzene rings is 2. The second-order valence-electron chi connectivity index (χ2n) is 5.63. The van der Waals surface area contributed by atoms with Crippen LogP contribution < -0.4 is 10.6 Å². The van der Waals surface area contributed by atoms with Gasteiger partial charge >= 0.3 is 0 Å². The van der Waals surface area contributed by atoms with Gasteiger partial charge in [0.25, 0.3) is 5.91 Å². The minimum atomic E-state index is -0.0646. The summed E-state index contributed by atoms with van der Waals surface area (Å²) >= 11 is 0. The smallest absolute Gasteiger partial charge is 0.255 e. The van der Waals surface area contributed by atoms with Crippen molar-refractivity contribution in [1.29, 1.82) is 0 Å². The summed E-state index contributed by atoms with van der Waals surface area (Å²) in [4.78, 5) is 12.1. The van der Waals surface area contributed by atoms with E-state index in [0.29, 0.717) is 11.5 Å². The van der Waals surface area contributed by atoms with Crippen molar-refractivity contribution in [3.8, 4) is 0 Å². The zero-order valence-corrected chi connectivity index (χ0v) is 12.2. The molecule has 2 N–H and O–H groups in total. The predicted molar refractivity (Wildman–Crippen MR) is 85.8 cm³/mol. The van der Waals surface area contributed by atoms with E-state index in [1.54, 1.807) is 0 Å². The van der Waals surface area contributed by atoms with Crippen LogP contribution in [0.25, 0.3) is 0 Å². The summed E-state index contributed by atoms with van der Waals surface area (Å²) in [7, 11) is 0. The summed E-state index contributed by atoms with van der Waals surface area (Å²) in [5.41, 5.74) is 4.02. The van der Waals surface area contributed by atoms with Crippen LogP contribution in [0.3, 0.4) is 0 Å². The molecule has 1 aliphatic heterocycles. The minimum absolute atomic E-state index is 0.0646. The minimum Gasteiger partial charge on any atom is -0.322 e. The number of rotatable bonds is 3. The monoisotopic (exact) mass is 280 g/mol. The van der Waals surface area contributed by atoms with Gasteiger partial charge in [-0.15, -0.1) is 0 Å². The van der Waals surface area contributed by atoms with Crippen molar-refractivity contribution in [2.45, 2.75) is 19.3 Å². The highest BCUT2D eigenvalue weighted by Crippen LogP contribution is 2.23. The number of hydrogen-bond acceptors (Lipinski definition) is 2. The predicted octanol–water partition coefficient (Wildman–Crippen LogP) is 3.32. The molecular weight excluding hydrogens is 260 g/mol. The molecule has 3 nitrogen and oxygen atoms in total. The van der Waals surface area contributed by atoms with Gasteiger partial charge in [0.2, 0.25) is 0 Å². The van der Waals surface area contributed by atoms with Crippen LogP contribution in [0.1, 0.15) is 33.8 Å². The highest BCUT2D eigenvalue weighted by atomic mass is 16.1. The maximum Gasteiger partial charge on any atom is 0.255 e. The lowest BCUT2D eigenvalue weighted by atomic mass is 9.98. The van der Waals surface area contributed by atoms with Crippen molar-refractivity contribution in [1.82, 2.24) is 5.32 Å². The molecule has 0 unspecified atom stereocenters. The standard InChI is InChI=1S/C18H20N2O/c1-13-2-4-15(5-3-13)18(21)20-17-8-6-14(7-9-17)16-10-11-19-12-16/h2-9,16,19H,10-12H2,1H3,(H,20,21)/t16-/m0/s1. The Kier molecular flexibility index (Phi) is 4.02. The van der Waals surface area contributed by atoms with Crippen LogP contribution in [-0.2, 0) is 0 Å². The van der Waals surface area contributed by atoms with E-state index in [1.165, 1.54) is 12.0 Å². The summed E-state index contributed by atoms with van der Waals surface area (Å²) in [6.45, 7) is 4.16. The summed E-state index contributed by atoms with van der Waals surface area (Å²) in [5.74, 6) is 0.539. The Morgan fingerprint density at radius 1 is 1.10 bits per heavy atom. The first-order chi connectivity index (χ1) is 10.2. The van der Waals surface area contributed by atoms with Crippen LogP contribution in [0.4, 0.5) is 5.69 Å². The largest absolute Gasteiger partial charge is 0.322 e. The van der Waals surface area contributed by atoms with Gasteiger partial charge in [-0.05, 0) is 55.6 Å². The second-order valence-corrected chi connectivity index (χ2v) is 5.63. The molecule has 0 aliphatic carbocycles. The number of aryl methyl sites for hydroxylation is 1. The third-order valence-electron chi connectivity index (χ3n) is 4.01. The Balaban J connectivity index is 1.67. The van der Waals surface area contributed by atoms with Gasteiger partial charge in [-0.25, -0.2) is 0 Å². The highest BCUT2D eigenvalue weighted by molar-refractivity contribution is 6.04. The van der Waals surface area contributed by atoms with E-state index in [0.717, 1.165) is 24.3 Å². The van der Waals surface area contributed by atoms with Gasteiger partial charge in [-0.3, -0.25) is 4.79 Å². The van der Waals surface area contributed by atoms with Crippen LogP contribution in [0, 0.1) is 6.92 Å². The maximum absolute atomic E-state index is 12.1. The fourth-order valence-electron chi connectivity index (χ4n) is 2.69. The fraction of sp³-hybridized carbons (Fsp3) is 0.278. The van der Waals surface area contributed by atoms with Gasteiger partial charge in [0.15, 0.2) is 0 Å². The van der Waals surface area contributed by atoms with Crippen LogP contribution in [-0.4, -0.2) is 19.0 Å². The number of nitrogens with one attached hydrogen (secondary N) is 2. The molecule has 2 aromatic carbocycles. The molecule has 0 aromatic heterocycles. The summed E-state index contributed by atoms with van der Waals surface area (Å²) < 4.78 is 0. The molecule has 1 saturated heterocycles. The Hall–Kier alpha value is -2.13. The van der Waals surface area contributed by atoms with Crippen molar-refractivity contribution in [2.24, 2.45) is 0 Å². The van der Waals surface area contributed by atoms with E-state index >= 15 is 0 Å². The average Bonchev–Trinajstić information content (AvgIpc) is 3.03. The van der Waals surface area contributed by atoms with Crippen LogP contribution in [0.15, 0.2) is 48.5 Å². The molecule has 3 rings (SSSR count). The second kappa shape index (κ2) is 6.10. The maximum atomic E-state index is 12.1. The first-order valence-electron chi connectivity index (χ1n) is 7.41. The molecule has 0 radical (unpaired) electrons. The molecule has 1 aliphatic rings. The molecule has 108 valence electrons. The fourth-order valence-corrected chi connectivity index (χ4v) is 2.69. The Labute approximate surface area is 125 Å². The van der Waals surface area contributed by atoms with Crippen molar-refractivity contribution < 1.29 is 4.79 Å². The molecule has 1 fully saturated rings. The summed E-state index contributed by atoms with van der Waals surface area (Å²) in [6.07, 6.45) is 1.19. The normalized spacial score (nSPS) is 17.7. The molecule has 0 spiro atoms. The topological polar surface area (TPSA) is 41.1 Å². The number of amides is 1. The van der Waals surface area contributed by atoms with Crippen molar-refractivity contribution in [3.63, 3.8) is 0 Å². The molecule has 1 heterocycles. The molecule has 2 aromatic rings. The molecule has 3 heteroatoms. The van der Waals surface area contributed by atoms with Gasteiger partial charge in [-0.2, -0.15) is 0 Å². The lowest BCUT2D eigenvalue weighted by molar-refractivity contribution is 0.102. The van der Waals surface area contributed by atoms with E-state index in [-0.39, 0.29) is 5.91 Å². The zero-order chi connectivity index (χ0) is 14.7. The summed E-state index contributed by atoms with van der Waals surface area (Å²) in [5, 5.41) is 6.31. The van der Waals surface area contributed by atoms with Crippen molar-refractivity contribution >= 4 is 11.6 Å². The van der Waals surface area contributed by atoms with Gasteiger partial charge in [0.05, 0.1) is 0 Å². The average molecular weight is 280 g/mol. The number of carbonyl (C=O) groups is 1. The van der Waals surface area contributed by atoms with E-state index in [4.69, 9.17) is 0 Å². The number of carbonyl (C=O) groups excluding carboxylic acids is 1. The lowest BCUT2D eigenvalue weighted by Gasteiger charge is -2.10. The van der Waals surface area contributed by atoms with Crippen LogP contribution >= 0.6 is 0 Å². The van der Waals surface area contributed by atoms with Gasteiger partial charge in [0.1, 0.15) is 0 Å². The Morgan fingerprint density at radius 3 is 2.43 bits per heavy atom. The SMILES string of the molecule is Cc1ccc(C(=O)Nc2ccc([C@H]3CCNC3)cc2)cc1. The molecule has 0 bridgehead atoms. The molecule has 1 amide bonds. The van der Waals surface area contributed by atoms with E-state index in [9.17, 15) is 4.79 Å². The first-order valence-corrected chi connectivity index (χ1v) is 7.41. The molecular formula is C18H20N2O. The van der Waals surface area contributed by atoms with Crippen LogP contribution in [0.5, 0.6) is 0 Å². The Bertz CT molecular complexity index is 611. The van der Waals surface area contributed by atoms with E-state index in [1.807, 2.05) is 43.3 Å². The van der Waals surface area contributed by atoms with Gasteiger partial charge in [-0.1, -0.05) is 29.8 Å².